The third-order valence-electron chi connectivity index (χ3n) is 5.76. The van der Waals surface area contributed by atoms with E-state index in [1.807, 2.05) is 30.0 Å². The van der Waals surface area contributed by atoms with Crippen molar-refractivity contribution >= 4 is 29.1 Å². The number of primary amides is 1. The van der Waals surface area contributed by atoms with Crippen LogP contribution in [-0.4, -0.2) is 65.2 Å². The van der Waals surface area contributed by atoms with Crippen LogP contribution >= 0.6 is 11.6 Å². The number of nitrogens with one attached hydrogen (secondary N) is 1. The quantitative estimate of drug-likeness (QED) is 0.564. The molecule has 168 valence electrons. The Kier molecular flexibility index (Phi) is 7.64. The van der Waals surface area contributed by atoms with Gasteiger partial charge in [0.05, 0.1) is 18.7 Å². The molecule has 31 heavy (non-hydrogen) atoms. The number of aromatic nitrogens is 2. The lowest BCUT2D eigenvalue weighted by molar-refractivity contribution is -0.120. The normalized spacial score (nSPS) is 20.3. The van der Waals surface area contributed by atoms with Gasteiger partial charge in [-0.3, -0.25) is 9.69 Å². The van der Waals surface area contributed by atoms with Crippen LogP contribution in [0.3, 0.4) is 0 Å². The molecule has 1 amide bonds. The van der Waals surface area contributed by atoms with Gasteiger partial charge in [-0.15, -0.1) is 0 Å². The minimum atomic E-state index is -0.645. The smallest absolute Gasteiger partial charge is 0.231 e. The second-order valence-corrected chi connectivity index (χ2v) is 8.27. The van der Waals surface area contributed by atoms with Crippen molar-refractivity contribution in [2.75, 3.05) is 43.4 Å². The zero-order valence-electron chi connectivity index (χ0n) is 17.6. The van der Waals surface area contributed by atoms with Crippen molar-refractivity contribution in [3.05, 3.63) is 47.0 Å². The maximum atomic E-state index is 15.2. The number of aliphatic hydroxyl groups excluding tert-OH is 1. The van der Waals surface area contributed by atoms with Crippen LogP contribution in [0.5, 0.6) is 0 Å². The predicted octanol–water partition coefficient (Wildman–Crippen LogP) is 2.05. The number of piperidine rings is 1. The van der Waals surface area contributed by atoms with E-state index in [-0.39, 0.29) is 30.1 Å². The summed E-state index contributed by atoms with van der Waals surface area (Å²) in [5.74, 6) is -0.850. The first-order chi connectivity index (χ1) is 14.8. The fourth-order valence-electron chi connectivity index (χ4n) is 3.81. The van der Waals surface area contributed by atoms with E-state index in [2.05, 4.69) is 15.3 Å². The number of anilines is 2. The van der Waals surface area contributed by atoms with Gasteiger partial charge in [0.15, 0.2) is 11.6 Å². The van der Waals surface area contributed by atoms with Gasteiger partial charge in [0, 0.05) is 31.1 Å². The van der Waals surface area contributed by atoms with E-state index in [9.17, 15) is 9.90 Å². The molecule has 8 nitrogen and oxygen atoms in total. The molecular formula is C21H28ClFN6O2. The Morgan fingerprint density at radius 1 is 1.45 bits per heavy atom. The van der Waals surface area contributed by atoms with Crippen molar-refractivity contribution in [2.45, 2.75) is 25.5 Å². The summed E-state index contributed by atoms with van der Waals surface area (Å²) in [7, 11) is 1.75. The SMILES string of the molecule is CC(c1ccccc1Cl)N(C)c1ncnc(NC[C@@H]2CCN(CC(N)=O)C[C@H]2O)c1F. The van der Waals surface area contributed by atoms with Crippen LogP contribution in [-0.2, 0) is 4.79 Å². The Balaban J connectivity index is 1.66. The third-order valence-corrected chi connectivity index (χ3v) is 6.10. The zero-order chi connectivity index (χ0) is 22.5. The molecule has 2 heterocycles. The lowest BCUT2D eigenvalue weighted by Gasteiger charge is -2.35. The van der Waals surface area contributed by atoms with Gasteiger partial charge >= 0.3 is 0 Å². The summed E-state index contributed by atoms with van der Waals surface area (Å²) in [4.78, 5) is 22.7. The van der Waals surface area contributed by atoms with Crippen LogP contribution in [0.1, 0.15) is 24.9 Å². The first-order valence-corrected chi connectivity index (χ1v) is 10.6. The molecule has 0 aliphatic carbocycles. The van der Waals surface area contributed by atoms with E-state index in [0.29, 0.717) is 31.1 Å². The van der Waals surface area contributed by atoms with Gasteiger partial charge in [-0.2, -0.15) is 4.39 Å². The molecule has 1 fully saturated rings. The van der Waals surface area contributed by atoms with Crippen molar-refractivity contribution in [1.82, 2.24) is 14.9 Å². The average molecular weight is 451 g/mol. The molecule has 1 unspecified atom stereocenters. The number of halogens is 2. The lowest BCUT2D eigenvalue weighted by Crippen LogP contribution is -2.48. The molecule has 2 aromatic rings. The van der Waals surface area contributed by atoms with Gasteiger partial charge in [0.2, 0.25) is 11.7 Å². The molecule has 1 aliphatic rings. The van der Waals surface area contributed by atoms with Gasteiger partial charge in [-0.25, -0.2) is 9.97 Å². The molecule has 10 heteroatoms. The second kappa shape index (κ2) is 10.2. The molecule has 0 spiro atoms. The summed E-state index contributed by atoms with van der Waals surface area (Å²) in [6.45, 7) is 3.39. The highest BCUT2D eigenvalue weighted by Gasteiger charge is 2.29. The minimum absolute atomic E-state index is 0.0787. The Morgan fingerprint density at radius 3 is 2.87 bits per heavy atom. The van der Waals surface area contributed by atoms with Crippen LogP contribution in [0.4, 0.5) is 16.0 Å². The monoisotopic (exact) mass is 450 g/mol. The van der Waals surface area contributed by atoms with E-state index in [4.69, 9.17) is 17.3 Å². The maximum Gasteiger partial charge on any atom is 0.231 e. The number of nitrogens with two attached hydrogens (primary N) is 1. The number of nitrogens with zero attached hydrogens (tertiary/aromatic N) is 4. The number of hydrogen-bond donors (Lipinski definition) is 3. The molecule has 1 aliphatic heterocycles. The van der Waals surface area contributed by atoms with Crippen LogP contribution in [0, 0.1) is 11.7 Å². The molecule has 3 rings (SSSR count). The highest BCUT2D eigenvalue weighted by Crippen LogP contribution is 2.31. The first-order valence-electron chi connectivity index (χ1n) is 10.2. The van der Waals surface area contributed by atoms with Gasteiger partial charge in [0.25, 0.3) is 0 Å². The average Bonchev–Trinajstić information content (AvgIpc) is 2.73. The van der Waals surface area contributed by atoms with E-state index < -0.39 is 17.8 Å². The summed E-state index contributed by atoms with van der Waals surface area (Å²) in [6, 6.07) is 7.22. The summed E-state index contributed by atoms with van der Waals surface area (Å²) in [5, 5.41) is 14.0. The number of hydrogen-bond acceptors (Lipinski definition) is 7. The van der Waals surface area contributed by atoms with Crippen LogP contribution in [0.15, 0.2) is 30.6 Å². The maximum absolute atomic E-state index is 15.2. The summed E-state index contributed by atoms with van der Waals surface area (Å²) in [6.07, 6.45) is 1.32. The summed E-state index contributed by atoms with van der Waals surface area (Å²) >= 11 is 6.29. The molecule has 1 aromatic heterocycles. The number of likely N-dealkylation sites (tertiary alicyclic amines) is 1. The van der Waals surface area contributed by atoms with Gasteiger partial charge < -0.3 is 21.1 Å². The number of rotatable bonds is 8. The van der Waals surface area contributed by atoms with Gasteiger partial charge in [-0.1, -0.05) is 29.8 Å². The predicted molar refractivity (Wildman–Crippen MR) is 118 cm³/mol. The minimum Gasteiger partial charge on any atom is -0.391 e. The van der Waals surface area contributed by atoms with Crippen LogP contribution in [0.2, 0.25) is 5.02 Å². The van der Waals surface area contributed by atoms with Crippen LogP contribution < -0.4 is 16.0 Å². The Bertz CT molecular complexity index is 917. The molecule has 0 radical (unpaired) electrons. The zero-order valence-corrected chi connectivity index (χ0v) is 18.4. The van der Waals surface area contributed by atoms with Crippen molar-refractivity contribution in [1.29, 1.82) is 0 Å². The molecule has 0 saturated carbocycles. The Morgan fingerprint density at radius 2 is 2.19 bits per heavy atom. The molecule has 1 aromatic carbocycles. The molecular weight excluding hydrogens is 423 g/mol. The number of aliphatic hydroxyl groups is 1. The Hall–Kier alpha value is -2.49. The van der Waals surface area contributed by atoms with E-state index in [1.165, 1.54) is 6.33 Å². The largest absolute Gasteiger partial charge is 0.391 e. The number of amides is 1. The van der Waals surface area contributed by atoms with E-state index in [0.717, 1.165) is 5.56 Å². The number of carbonyl (C=O) groups is 1. The fourth-order valence-corrected chi connectivity index (χ4v) is 4.10. The highest BCUT2D eigenvalue weighted by atomic mass is 35.5. The standard InChI is InChI=1S/C21H28ClFN6O2/c1-13(15-5-3-4-6-16(15)22)28(2)21-19(23)20(26-12-27-21)25-9-14-7-8-29(10-17(14)30)11-18(24)31/h3-6,12-14,17,30H,7-11H2,1-2H3,(H2,24,31)(H,25,26,27)/t13?,14-,17+/m0/s1. The van der Waals surface area contributed by atoms with Gasteiger partial charge in [0.1, 0.15) is 6.33 Å². The fraction of sp³-hybridized carbons (Fsp3) is 0.476. The number of benzene rings is 1. The highest BCUT2D eigenvalue weighted by molar-refractivity contribution is 6.31. The number of β-amino-alcohol motifs (C(OH)–C–C–N with tert-alkyl or cyclic N) is 1. The second-order valence-electron chi connectivity index (χ2n) is 7.87. The Labute approximate surface area is 186 Å². The van der Waals surface area contributed by atoms with Crippen LogP contribution in [0.25, 0.3) is 0 Å². The van der Waals surface area contributed by atoms with Gasteiger partial charge in [-0.05, 0) is 31.5 Å². The summed E-state index contributed by atoms with van der Waals surface area (Å²) < 4.78 is 15.2. The summed E-state index contributed by atoms with van der Waals surface area (Å²) in [5.41, 5.74) is 6.08. The molecule has 1 saturated heterocycles. The molecule has 4 N–H and O–H groups in total. The third kappa shape index (κ3) is 5.61. The van der Waals surface area contributed by atoms with Crippen molar-refractivity contribution < 1.29 is 14.3 Å². The molecule has 3 atom stereocenters. The van der Waals surface area contributed by atoms with E-state index >= 15 is 4.39 Å². The lowest BCUT2D eigenvalue weighted by atomic mass is 9.93. The van der Waals surface area contributed by atoms with Crippen molar-refractivity contribution in [2.24, 2.45) is 11.7 Å². The van der Waals surface area contributed by atoms with E-state index in [1.54, 1.807) is 18.0 Å². The van der Waals surface area contributed by atoms with Crippen molar-refractivity contribution in [3.63, 3.8) is 0 Å². The first kappa shape index (κ1) is 23.2. The molecule has 0 bridgehead atoms. The number of carbonyl (C=O) groups excluding carboxylic acids is 1. The van der Waals surface area contributed by atoms with Crippen molar-refractivity contribution in [3.8, 4) is 0 Å². The topological polar surface area (TPSA) is 108 Å².